The Morgan fingerprint density at radius 3 is 2.20 bits per heavy atom. The van der Waals surface area contributed by atoms with Gasteiger partial charge in [-0.05, 0) is 76.3 Å². The highest BCUT2D eigenvalue weighted by Crippen LogP contribution is 2.39. The Morgan fingerprint density at radius 2 is 1.44 bits per heavy atom. The van der Waals surface area contributed by atoms with Crippen LogP contribution in [-0.2, 0) is 10.8 Å². The molecule has 3 aromatic heterocycles. The summed E-state index contributed by atoms with van der Waals surface area (Å²) in [5.74, 6) is 0.536. The molecule has 206 valence electrons. The van der Waals surface area contributed by atoms with E-state index in [0.29, 0.717) is 5.56 Å². The van der Waals surface area contributed by atoms with Gasteiger partial charge in [0, 0.05) is 26.6 Å². The van der Waals surface area contributed by atoms with Gasteiger partial charge >= 0.3 is 0 Å². The molecule has 0 amide bonds. The Hall–Kier alpha value is -4.44. The Morgan fingerprint density at radius 1 is 0.707 bits per heavy atom. The summed E-state index contributed by atoms with van der Waals surface area (Å²) in [6.07, 6.45) is 1.85. The molecule has 3 aromatic carbocycles. The van der Waals surface area contributed by atoms with Crippen molar-refractivity contribution in [1.82, 2.24) is 14.5 Å². The molecule has 0 bridgehead atoms. The highest BCUT2D eigenvalue weighted by atomic mass is 16.3. The molecule has 0 unspecified atom stereocenters. The van der Waals surface area contributed by atoms with Crippen LogP contribution in [-0.4, -0.2) is 19.6 Å². The quantitative estimate of drug-likeness (QED) is 0.242. The first-order valence-corrected chi connectivity index (χ1v) is 14.0. The number of nitrogens with zero attached hydrogens (tertiary/aromatic N) is 3. The minimum atomic E-state index is -2.43. The molecule has 0 fully saturated rings. The average molecular weight is 543 g/mol. The number of pyridine rings is 2. The number of aromatic nitrogens is 3. The number of hydrogen-bond donors (Lipinski definition) is 1. The van der Waals surface area contributed by atoms with Crippen LogP contribution in [0.1, 0.15) is 62.3 Å². The molecule has 1 N–H and O–H groups in total. The fourth-order valence-corrected chi connectivity index (χ4v) is 5.39. The molecular weight excluding hydrogens is 502 g/mol. The zero-order valence-electron chi connectivity index (χ0n) is 27.4. The maximum atomic E-state index is 11.1. The van der Waals surface area contributed by atoms with Crippen LogP contribution in [0.4, 0.5) is 0 Å². The lowest BCUT2D eigenvalue weighted by molar-refractivity contribution is 0.473. The fraction of sp³-hybridized carbons (Fsp3) is 0.243. The Balaban J connectivity index is 1.64. The van der Waals surface area contributed by atoms with Crippen LogP contribution in [0, 0.1) is 6.85 Å². The molecular formula is C37H37N3O. The fourth-order valence-electron chi connectivity index (χ4n) is 5.39. The average Bonchev–Trinajstić information content (AvgIpc) is 3.29. The molecule has 4 heteroatoms. The predicted molar refractivity (Wildman–Crippen MR) is 171 cm³/mol. The molecule has 0 radical (unpaired) electrons. The van der Waals surface area contributed by atoms with E-state index < -0.39 is 6.85 Å². The van der Waals surface area contributed by atoms with Crippen molar-refractivity contribution in [1.29, 1.82) is 0 Å². The van der Waals surface area contributed by atoms with Crippen molar-refractivity contribution in [3.8, 4) is 34.1 Å². The normalized spacial score (nSPS) is 13.8. The molecule has 0 aliphatic heterocycles. The van der Waals surface area contributed by atoms with Crippen LogP contribution in [0.15, 0.2) is 91.1 Å². The first-order chi connectivity index (χ1) is 20.6. The second-order valence-electron chi connectivity index (χ2n) is 12.8. The van der Waals surface area contributed by atoms with Crippen LogP contribution >= 0.6 is 0 Å². The van der Waals surface area contributed by atoms with E-state index >= 15 is 0 Å². The third-order valence-electron chi connectivity index (χ3n) is 7.82. The first-order valence-electron chi connectivity index (χ1n) is 15.5. The third kappa shape index (κ3) is 4.78. The van der Waals surface area contributed by atoms with E-state index in [1.165, 1.54) is 11.6 Å². The molecule has 6 aromatic rings. The number of aryl methyl sites for hydroxylation is 1. The lowest BCUT2D eigenvalue weighted by Crippen LogP contribution is -2.14. The zero-order chi connectivity index (χ0) is 31.6. The second-order valence-corrected chi connectivity index (χ2v) is 12.8. The number of fused-ring (bicyclic) bond motifs is 3. The minimum absolute atomic E-state index is 0.0339. The zero-order valence-corrected chi connectivity index (χ0v) is 24.4. The molecule has 0 aliphatic rings. The van der Waals surface area contributed by atoms with E-state index in [1.807, 2.05) is 36.5 Å². The maximum absolute atomic E-state index is 11.1. The number of phenolic OH excluding ortho intramolecular Hbond substituents is 1. The molecule has 0 saturated heterocycles. The molecule has 41 heavy (non-hydrogen) atoms. The van der Waals surface area contributed by atoms with Gasteiger partial charge in [0.25, 0.3) is 0 Å². The van der Waals surface area contributed by atoms with Crippen molar-refractivity contribution < 1.29 is 9.22 Å². The Kier molecular flexibility index (Phi) is 5.44. The molecule has 3 heterocycles. The summed E-state index contributed by atoms with van der Waals surface area (Å²) in [6.45, 7) is 10.7. The topological polar surface area (TPSA) is 50.9 Å². The van der Waals surface area contributed by atoms with Gasteiger partial charge in [-0.15, -0.1) is 0 Å². The Labute approximate surface area is 246 Å². The molecule has 0 atom stereocenters. The van der Waals surface area contributed by atoms with E-state index in [-0.39, 0.29) is 22.1 Å². The monoisotopic (exact) mass is 542 g/mol. The Bertz CT molecular complexity index is 2040. The van der Waals surface area contributed by atoms with Crippen molar-refractivity contribution in [3.63, 3.8) is 0 Å². The number of aromatic hydroxyl groups is 1. The SMILES string of the molecule is [2H]C([2H])([2H])c1cccc(-c2ccc3c4ccccc4n(-c4cc(C(C)(C)C)cc(-c5cc(C(C)(C)C)ccn5)n4)c3c2)c1O. The van der Waals surface area contributed by atoms with Crippen LogP contribution in [0.2, 0.25) is 0 Å². The summed E-state index contributed by atoms with van der Waals surface area (Å²) in [5, 5.41) is 13.2. The van der Waals surface area contributed by atoms with Crippen molar-refractivity contribution in [2.75, 3.05) is 0 Å². The van der Waals surface area contributed by atoms with E-state index in [4.69, 9.17) is 14.1 Å². The molecule has 0 saturated carbocycles. The first kappa shape index (κ1) is 23.3. The van der Waals surface area contributed by atoms with Crippen LogP contribution in [0.5, 0.6) is 5.75 Å². The van der Waals surface area contributed by atoms with Gasteiger partial charge in [-0.25, -0.2) is 4.98 Å². The molecule has 0 aliphatic carbocycles. The standard InChI is InChI=1S/C37H37N3O/c1-23-11-10-13-27(35(23)41)24-15-16-29-28-12-8-9-14-32(28)40(33(29)19-24)34-22-26(37(5,6)7)21-31(39-34)30-20-25(17-18-38-30)36(2,3)4/h8-22,41H,1-7H3/i1D3. The summed E-state index contributed by atoms with van der Waals surface area (Å²) in [6, 6.07) is 27.6. The van der Waals surface area contributed by atoms with Crippen molar-refractivity contribution in [2.45, 2.75) is 59.2 Å². The van der Waals surface area contributed by atoms with Crippen molar-refractivity contribution in [2.24, 2.45) is 0 Å². The van der Waals surface area contributed by atoms with E-state index in [2.05, 4.69) is 82.5 Å². The lowest BCUT2D eigenvalue weighted by Gasteiger charge is -2.22. The smallest absolute Gasteiger partial charge is 0.138 e. The van der Waals surface area contributed by atoms with Gasteiger partial charge in [0.05, 0.1) is 22.4 Å². The van der Waals surface area contributed by atoms with Gasteiger partial charge in [0.15, 0.2) is 0 Å². The van der Waals surface area contributed by atoms with Gasteiger partial charge in [-0.1, -0.05) is 90.1 Å². The summed E-state index contributed by atoms with van der Waals surface area (Å²) >= 11 is 0. The van der Waals surface area contributed by atoms with Crippen LogP contribution in [0.3, 0.4) is 0 Å². The minimum Gasteiger partial charge on any atom is -0.507 e. The van der Waals surface area contributed by atoms with Gasteiger partial charge in [0.1, 0.15) is 11.6 Å². The third-order valence-corrected chi connectivity index (χ3v) is 7.82. The van der Waals surface area contributed by atoms with Crippen molar-refractivity contribution in [3.05, 3.63) is 108 Å². The van der Waals surface area contributed by atoms with Crippen molar-refractivity contribution >= 4 is 21.8 Å². The van der Waals surface area contributed by atoms with E-state index in [9.17, 15) is 5.11 Å². The van der Waals surface area contributed by atoms with Gasteiger partial charge in [-0.2, -0.15) is 0 Å². The maximum Gasteiger partial charge on any atom is 0.138 e. The highest BCUT2D eigenvalue weighted by Gasteiger charge is 2.22. The lowest BCUT2D eigenvalue weighted by atomic mass is 9.85. The van der Waals surface area contributed by atoms with E-state index in [0.717, 1.165) is 50.1 Å². The summed E-state index contributed by atoms with van der Waals surface area (Å²) in [4.78, 5) is 9.97. The number of hydrogen-bond acceptors (Lipinski definition) is 3. The molecule has 0 spiro atoms. The molecule has 4 nitrogen and oxygen atoms in total. The van der Waals surface area contributed by atoms with E-state index in [1.54, 1.807) is 12.1 Å². The summed E-state index contributed by atoms with van der Waals surface area (Å²) < 4.78 is 25.8. The number of rotatable bonds is 3. The van der Waals surface area contributed by atoms with Gasteiger partial charge in [0.2, 0.25) is 0 Å². The van der Waals surface area contributed by atoms with Gasteiger partial charge in [-0.3, -0.25) is 9.55 Å². The second kappa shape index (κ2) is 9.59. The highest BCUT2D eigenvalue weighted by molar-refractivity contribution is 6.10. The number of phenols is 1. The summed E-state index contributed by atoms with van der Waals surface area (Å²) in [5.41, 5.74) is 6.77. The predicted octanol–water partition coefficient (Wildman–Crippen LogP) is 9.52. The summed E-state index contributed by atoms with van der Waals surface area (Å²) in [7, 11) is 0. The molecule has 6 rings (SSSR count). The largest absolute Gasteiger partial charge is 0.507 e. The van der Waals surface area contributed by atoms with Gasteiger partial charge < -0.3 is 5.11 Å². The number of benzene rings is 3. The van der Waals surface area contributed by atoms with Crippen LogP contribution < -0.4 is 0 Å². The van der Waals surface area contributed by atoms with Crippen LogP contribution in [0.25, 0.3) is 50.1 Å². The number of para-hydroxylation sites is 2.